The fourth-order valence-corrected chi connectivity index (χ4v) is 3.03. The second-order valence-corrected chi connectivity index (χ2v) is 5.81. The molecular formula is C15H21N3O. The summed E-state index contributed by atoms with van der Waals surface area (Å²) in [6.45, 7) is 7.15. The molecule has 1 aromatic rings. The number of amides is 1. The van der Waals surface area contributed by atoms with E-state index in [-0.39, 0.29) is 5.91 Å². The molecule has 1 aromatic heterocycles. The molecule has 0 saturated carbocycles. The summed E-state index contributed by atoms with van der Waals surface area (Å²) in [5.41, 5.74) is 1.73. The van der Waals surface area contributed by atoms with Gasteiger partial charge < -0.3 is 4.90 Å². The predicted molar refractivity (Wildman–Crippen MR) is 73.8 cm³/mol. The normalized spacial score (nSPS) is 20.6. The first kappa shape index (κ1) is 12.6. The zero-order valence-corrected chi connectivity index (χ0v) is 11.5. The standard InChI is InChI=1S/C15H21N3O/c1-12-9-17(10-12)11-13-5-4-6-16-14(13)15(19)18-7-2-3-8-18/h4-6,12H,2-3,7-11H2,1H3. The summed E-state index contributed by atoms with van der Waals surface area (Å²) in [4.78, 5) is 21.1. The number of carbonyl (C=O) groups is 1. The molecule has 2 aliphatic heterocycles. The molecule has 0 bridgehead atoms. The zero-order valence-electron chi connectivity index (χ0n) is 11.5. The molecule has 1 amide bonds. The summed E-state index contributed by atoms with van der Waals surface area (Å²) in [5, 5.41) is 0. The van der Waals surface area contributed by atoms with Crippen LogP contribution in [0.3, 0.4) is 0 Å². The Balaban J connectivity index is 1.74. The first-order valence-corrected chi connectivity index (χ1v) is 7.19. The van der Waals surface area contributed by atoms with Gasteiger partial charge in [0.05, 0.1) is 0 Å². The fourth-order valence-electron chi connectivity index (χ4n) is 3.03. The van der Waals surface area contributed by atoms with Gasteiger partial charge in [0, 0.05) is 38.9 Å². The van der Waals surface area contributed by atoms with Crippen molar-refractivity contribution in [1.82, 2.24) is 14.8 Å². The summed E-state index contributed by atoms with van der Waals surface area (Å²) < 4.78 is 0. The molecule has 2 aliphatic rings. The average Bonchev–Trinajstić information content (AvgIpc) is 2.90. The monoisotopic (exact) mass is 259 g/mol. The van der Waals surface area contributed by atoms with Crippen molar-refractivity contribution in [1.29, 1.82) is 0 Å². The van der Waals surface area contributed by atoms with E-state index in [2.05, 4.69) is 16.8 Å². The van der Waals surface area contributed by atoms with Crippen LogP contribution in [0.15, 0.2) is 18.3 Å². The molecule has 3 rings (SSSR count). The number of hydrogen-bond donors (Lipinski definition) is 0. The third-order valence-corrected chi connectivity index (χ3v) is 4.02. The molecule has 0 unspecified atom stereocenters. The van der Waals surface area contributed by atoms with E-state index < -0.39 is 0 Å². The van der Waals surface area contributed by atoms with Crippen LogP contribution in [0.2, 0.25) is 0 Å². The molecule has 19 heavy (non-hydrogen) atoms. The van der Waals surface area contributed by atoms with Gasteiger partial charge in [-0.2, -0.15) is 0 Å². The lowest BCUT2D eigenvalue weighted by Gasteiger charge is -2.37. The van der Waals surface area contributed by atoms with Crippen molar-refractivity contribution >= 4 is 5.91 Å². The molecule has 0 aromatic carbocycles. The highest BCUT2D eigenvalue weighted by atomic mass is 16.2. The number of likely N-dealkylation sites (tertiary alicyclic amines) is 2. The Hall–Kier alpha value is -1.42. The maximum Gasteiger partial charge on any atom is 0.272 e. The maximum atomic E-state index is 12.5. The van der Waals surface area contributed by atoms with Crippen molar-refractivity contribution < 1.29 is 4.79 Å². The Labute approximate surface area is 114 Å². The van der Waals surface area contributed by atoms with Crippen LogP contribution < -0.4 is 0 Å². The van der Waals surface area contributed by atoms with Crippen molar-refractivity contribution in [2.75, 3.05) is 26.2 Å². The summed E-state index contributed by atoms with van der Waals surface area (Å²) in [6.07, 6.45) is 3.97. The second kappa shape index (κ2) is 5.29. The molecule has 0 atom stereocenters. The van der Waals surface area contributed by atoms with Crippen LogP contribution in [0.5, 0.6) is 0 Å². The highest BCUT2D eigenvalue weighted by molar-refractivity contribution is 5.93. The van der Waals surface area contributed by atoms with E-state index >= 15 is 0 Å². The number of aromatic nitrogens is 1. The van der Waals surface area contributed by atoms with Gasteiger partial charge in [0.15, 0.2) is 0 Å². The van der Waals surface area contributed by atoms with Crippen LogP contribution >= 0.6 is 0 Å². The van der Waals surface area contributed by atoms with Crippen LogP contribution in [0, 0.1) is 5.92 Å². The summed E-state index contributed by atoms with van der Waals surface area (Å²) in [7, 11) is 0. The fraction of sp³-hybridized carbons (Fsp3) is 0.600. The maximum absolute atomic E-state index is 12.5. The zero-order chi connectivity index (χ0) is 13.2. The van der Waals surface area contributed by atoms with Gasteiger partial charge in [0.1, 0.15) is 5.69 Å². The van der Waals surface area contributed by atoms with Gasteiger partial charge in [0.2, 0.25) is 0 Å². The van der Waals surface area contributed by atoms with Crippen molar-refractivity contribution in [2.24, 2.45) is 5.92 Å². The van der Waals surface area contributed by atoms with Crippen LogP contribution in [0.4, 0.5) is 0 Å². The Morgan fingerprint density at radius 2 is 2.11 bits per heavy atom. The number of pyridine rings is 1. The van der Waals surface area contributed by atoms with Gasteiger partial charge in [-0.3, -0.25) is 14.7 Å². The van der Waals surface area contributed by atoms with E-state index in [1.165, 1.54) is 0 Å². The Bertz CT molecular complexity index is 462. The van der Waals surface area contributed by atoms with Crippen LogP contribution in [-0.2, 0) is 6.54 Å². The molecule has 2 saturated heterocycles. The minimum absolute atomic E-state index is 0.113. The highest BCUT2D eigenvalue weighted by Gasteiger charge is 2.26. The van der Waals surface area contributed by atoms with Crippen molar-refractivity contribution in [3.05, 3.63) is 29.6 Å². The van der Waals surface area contributed by atoms with Crippen LogP contribution in [0.1, 0.15) is 35.8 Å². The van der Waals surface area contributed by atoms with Crippen LogP contribution in [-0.4, -0.2) is 46.9 Å². The van der Waals surface area contributed by atoms with Gasteiger partial charge in [-0.05, 0) is 30.4 Å². The van der Waals surface area contributed by atoms with Crippen molar-refractivity contribution in [2.45, 2.75) is 26.3 Å². The molecule has 0 N–H and O–H groups in total. The molecule has 3 heterocycles. The van der Waals surface area contributed by atoms with Crippen molar-refractivity contribution in [3.8, 4) is 0 Å². The van der Waals surface area contributed by atoms with Gasteiger partial charge in [-0.15, -0.1) is 0 Å². The quantitative estimate of drug-likeness (QED) is 0.830. The lowest BCUT2D eigenvalue weighted by molar-refractivity contribution is 0.0777. The largest absolute Gasteiger partial charge is 0.337 e. The third kappa shape index (κ3) is 2.63. The second-order valence-electron chi connectivity index (χ2n) is 5.81. The van der Waals surface area contributed by atoms with Gasteiger partial charge >= 0.3 is 0 Å². The summed E-state index contributed by atoms with van der Waals surface area (Å²) >= 11 is 0. The first-order chi connectivity index (χ1) is 9.24. The molecule has 4 heteroatoms. The lowest BCUT2D eigenvalue weighted by Crippen LogP contribution is -2.44. The minimum Gasteiger partial charge on any atom is -0.337 e. The Morgan fingerprint density at radius 3 is 2.79 bits per heavy atom. The number of carbonyl (C=O) groups excluding carboxylic acids is 1. The molecule has 2 fully saturated rings. The van der Waals surface area contributed by atoms with E-state index in [0.717, 1.165) is 57.0 Å². The van der Waals surface area contributed by atoms with E-state index in [1.54, 1.807) is 6.20 Å². The van der Waals surface area contributed by atoms with Gasteiger partial charge in [0.25, 0.3) is 5.91 Å². The van der Waals surface area contributed by atoms with Crippen LogP contribution in [0.25, 0.3) is 0 Å². The Morgan fingerprint density at radius 1 is 1.37 bits per heavy atom. The molecular weight excluding hydrogens is 238 g/mol. The van der Waals surface area contributed by atoms with Gasteiger partial charge in [-0.25, -0.2) is 0 Å². The highest BCUT2D eigenvalue weighted by Crippen LogP contribution is 2.20. The summed E-state index contributed by atoms with van der Waals surface area (Å²) in [6, 6.07) is 3.97. The average molecular weight is 259 g/mol. The summed E-state index contributed by atoms with van der Waals surface area (Å²) in [5.74, 6) is 0.899. The van der Waals surface area contributed by atoms with E-state index in [4.69, 9.17) is 0 Å². The smallest absolute Gasteiger partial charge is 0.272 e. The molecule has 102 valence electrons. The van der Waals surface area contributed by atoms with E-state index in [9.17, 15) is 4.79 Å². The predicted octanol–water partition coefficient (Wildman–Crippen LogP) is 1.77. The van der Waals surface area contributed by atoms with E-state index in [1.807, 2.05) is 17.0 Å². The number of nitrogens with zero attached hydrogens (tertiary/aromatic N) is 3. The topological polar surface area (TPSA) is 36.4 Å². The molecule has 4 nitrogen and oxygen atoms in total. The molecule has 0 spiro atoms. The van der Waals surface area contributed by atoms with E-state index in [0.29, 0.717) is 5.69 Å². The minimum atomic E-state index is 0.113. The third-order valence-electron chi connectivity index (χ3n) is 4.02. The SMILES string of the molecule is CC1CN(Cc2cccnc2C(=O)N2CCCC2)C1. The molecule has 0 radical (unpaired) electrons. The van der Waals surface area contributed by atoms with Crippen molar-refractivity contribution in [3.63, 3.8) is 0 Å². The first-order valence-electron chi connectivity index (χ1n) is 7.19. The van der Waals surface area contributed by atoms with Gasteiger partial charge in [-0.1, -0.05) is 13.0 Å². The Kier molecular flexibility index (Phi) is 3.51. The number of hydrogen-bond acceptors (Lipinski definition) is 3. The lowest BCUT2D eigenvalue weighted by atomic mass is 10.0. The number of rotatable bonds is 3. The molecule has 0 aliphatic carbocycles.